The molecule has 2 aromatic carbocycles. The third-order valence-electron chi connectivity index (χ3n) is 6.64. The summed E-state index contributed by atoms with van der Waals surface area (Å²) in [5.74, 6) is 1.62. The SMILES string of the molecule is Cn1c(Cc2nn(CCC=O)c(=O)c3ccccc23)nnc1SCCCCCCCC(=O)Nc1ccc(Cl)cc1Cl. The van der Waals surface area contributed by atoms with Gasteiger partial charge in [-0.3, -0.25) is 9.59 Å². The molecule has 0 bridgehead atoms. The van der Waals surface area contributed by atoms with Crippen molar-refractivity contribution in [3.05, 3.63) is 74.4 Å². The number of nitrogens with zero attached hydrogens (tertiary/aromatic N) is 5. The summed E-state index contributed by atoms with van der Waals surface area (Å²) in [4.78, 5) is 35.8. The minimum Gasteiger partial charge on any atom is -0.325 e. The van der Waals surface area contributed by atoms with E-state index in [0.29, 0.717) is 34.0 Å². The number of halogens is 2. The summed E-state index contributed by atoms with van der Waals surface area (Å²) >= 11 is 13.7. The molecule has 0 saturated carbocycles. The Morgan fingerprint density at radius 1 is 1.02 bits per heavy atom. The molecule has 12 heteroatoms. The van der Waals surface area contributed by atoms with Crippen molar-refractivity contribution in [3.8, 4) is 0 Å². The summed E-state index contributed by atoms with van der Waals surface area (Å²) in [5, 5.41) is 19.3. The maximum Gasteiger partial charge on any atom is 0.274 e. The number of aromatic nitrogens is 5. The van der Waals surface area contributed by atoms with Crippen LogP contribution in [0.2, 0.25) is 10.0 Å². The molecule has 4 rings (SSSR count). The molecule has 0 unspecified atom stereocenters. The van der Waals surface area contributed by atoms with Crippen molar-refractivity contribution >= 4 is 63.6 Å². The highest BCUT2D eigenvalue weighted by Gasteiger charge is 2.15. The molecule has 0 aliphatic heterocycles. The molecule has 1 N–H and O–H groups in total. The lowest BCUT2D eigenvalue weighted by Gasteiger charge is -2.10. The van der Waals surface area contributed by atoms with Crippen LogP contribution in [0.3, 0.4) is 0 Å². The molecule has 0 aliphatic carbocycles. The van der Waals surface area contributed by atoms with Crippen molar-refractivity contribution in [2.24, 2.45) is 7.05 Å². The lowest BCUT2D eigenvalue weighted by molar-refractivity contribution is -0.116. The van der Waals surface area contributed by atoms with Crippen molar-refractivity contribution < 1.29 is 9.59 Å². The topological polar surface area (TPSA) is 112 Å². The molecule has 2 aromatic heterocycles. The van der Waals surface area contributed by atoms with Gasteiger partial charge in [0.25, 0.3) is 5.56 Å². The van der Waals surface area contributed by atoms with Gasteiger partial charge in [-0.25, -0.2) is 4.68 Å². The molecule has 9 nitrogen and oxygen atoms in total. The number of aryl methyl sites for hydroxylation is 1. The molecule has 0 saturated heterocycles. The lowest BCUT2D eigenvalue weighted by atomic mass is 10.1. The number of amides is 1. The number of nitrogens with one attached hydrogen (secondary N) is 1. The van der Waals surface area contributed by atoms with E-state index >= 15 is 0 Å². The Balaban J connectivity index is 1.21. The minimum absolute atomic E-state index is 0.0502. The van der Waals surface area contributed by atoms with E-state index in [9.17, 15) is 14.4 Å². The van der Waals surface area contributed by atoms with E-state index in [4.69, 9.17) is 23.2 Å². The quantitative estimate of drug-likeness (QED) is 0.0980. The molecule has 0 spiro atoms. The van der Waals surface area contributed by atoms with Crippen molar-refractivity contribution in [3.63, 3.8) is 0 Å². The van der Waals surface area contributed by atoms with Gasteiger partial charge < -0.3 is 14.7 Å². The molecule has 0 fully saturated rings. The first kappa shape index (κ1) is 30.7. The Labute approximate surface area is 252 Å². The van der Waals surface area contributed by atoms with Crippen LogP contribution in [-0.4, -0.2) is 42.5 Å². The van der Waals surface area contributed by atoms with Gasteiger partial charge in [0.05, 0.1) is 34.8 Å². The number of rotatable bonds is 15. The number of benzene rings is 2. The second-order valence-corrected chi connectivity index (χ2v) is 11.6. The molecule has 2 heterocycles. The van der Waals surface area contributed by atoms with E-state index in [1.807, 2.05) is 29.8 Å². The van der Waals surface area contributed by atoms with E-state index in [0.717, 1.165) is 66.2 Å². The largest absolute Gasteiger partial charge is 0.325 e. The van der Waals surface area contributed by atoms with Gasteiger partial charge in [0.15, 0.2) is 5.16 Å². The summed E-state index contributed by atoms with van der Waals surface area (Å²) in [6.07, 6.45) is 6.85. The third-order valence-corrected chi connectivity index (χ3v) is 8.29. The van der Waals surface area contributed by atoms with Gasteiger partial charge in [0, 0.05) is 36.1 Å². The first-order chi connectivity index (χ1) is 19.9. The van der Waals surface area contributed by atoms with E-state index in [1.54, 1.807) is 36.0 Å². The van der Waals surface area contributed by atoms with Gasteiger partial charge in [0.2, 0.25) is 5.91 Å². The van der Waals surface area contributed by atoms with Gasteiger partial charge in [-0.1, -0.05) is 72.4 Å². The van der Waals surface area contributed by atoms with Gasteiger partial charge in [-0.2, -0.15) is 5.10 Å². The summed E-state index contributed by atoms with van der Waals surface area (Å²) in [5.41, 5.74) is 1.10. The zero-order valence-corrected chi connectivity index (χ0v) is 25.1. The number of fused-ring (bicyclic) bond motifs is 1. The predicted molar refractivity (Wildman–Crippen MR) is 164 cm³/mol. The monoisotopic (exact) mass is 614 g/mol. The van der Waals surface area contributed by atoms with Crippen molar-refractivity contribution in [1.82, 2.24) is 24.5 Å². The highest BCUT2D eigenvalue weighted by molar-refractivity contribution is 7.99. The van der Waals surface area contributed by atoms with Crippen molar-refractivity contribution in [2.45, 2.75) is 63.1 Å². The fourth-order valence-corrected chi connectivity index (χ4v) is 5.81. The van der Waals surface area contributed by atoms with Crippen LogP contribution >= 0.6 is 35.0 Å². The van der Waals surface area contributed by atoms with E-state index < -0.39 is 0 Å². The summed E-state index contributed by atoms with van der Waals surface area (Å²) in [6.45, 7) is 0.242. The molecular formula is C29H32Cl2N6O3S. The zero-order chi connectivity index (χ0) is 29.2. The Morgan fingerprint density at radius 2 is 1.78 bits per heavy atom. The molecule has 0 radical (unpaired) electrons. The molecule has 0 atom stereocenters. The Morgan fingerprint density at radius 3 is 2.56 bits per heavy atom. The smallest absolute Gasteiger partial charge is 0.274 e. The van der Waals surface area contributed by atoms with Crippen LogP contribution in [0.15, 0.2) is 52.4 Å². The van der Waals surface area contributed by atoms with Gasteiger partial charge in [-0.15, -0.1) is 10.2 Å². The highest BCUT2D eigenvalue weighted by atomic mass is 35.5. The van der Waals surface area contributed by atoms with Crippen LogP contribution in [0.25, 0.3) is 10.8 Å². The van der Waals surface area contributed by atoms with E-state index in [1.165, 1.54) is 4.68 Å². The normalized spacial score (nSPS) is 11.2. The lowest BCUT2D eigenvalue weighted by Crippen LogP contribution is -2.25. The Hall–Kier alpha value is -3.21. The van der Waals surface area contributed by atoms with E-state index in [-0.39, 0.29) is 24.4 Å². The number of carbonyl (C=O) groups excluding carboxylic acids is 2. The summed E-state index contributed by atoms with van der Waals surface area (Å²) < 4.78 is 3.33. The fourth-order valence-electron chi connectivity index (χ4n) is 4.42. The third kappa shape index (κ3) is 8.40. The molecule has 4 aromatic rings. The number of hydrogen-bond acceptors (Lipinski definition) is 7. The van der Waals surface area contributed by atoms with Crippen LogP contribution in [0, 0.1) is 0 Å². The van der Waals surface area contributed by atoms with Gasteiger partial charge >= 0.3 is 0 Å². The molecule has 41 heavy (non-hydrogen) atoms. The van der Waals surface area contributed by atoms with Gasteiger partial charge in [-0.05, 0) is 37.1 Å². The zero-order valence-electron chi connectivity index (χ0n) is 22.8. The maximum atomic E-state index is 12.8. The maximum absolute atomic E-state index is 12.8. The molecular weight excluding hydrogens is 583 g/mol. The number of anilines is 1. The second kappa shape index (κ2) is 15.1. The summed E-state index contributed by atoms with van der Waals surface area (Å²) in [6, 6.07) is 12.4. The Bertz CT molecular complexity index is 1570. The molecule has 216 valence electrons. The summed E-state index contributed by atoms with van der Waals surface area (Å²) in [7, 11) is 1.94. The van der Waals surface area contributed by atoms with E-state index in [2.05, 4.69) is 20.6 Å². The van der Waals surface area contributed by atoms with Crippen LogP contribution < -0.4 is 10.9 Å². The predicted octanol–water partition coefficient (Wildman–Crippen LogP) is 6.08. The number of unbranched alkanes of at least 4 members (excludes halogenated alkanes) is 4. The van der Waals surface area contributed by atoms with Crippen LogP contribution in [0.4, 0.5) is 5.69 Å². The second-order valence-electron chi connectivity index (χ2n) is 9.65. The first-order valence-corrected chi connectivity index (χ1v) is 15.3. The highest BCUT2D eigenvalue weighted by Crippen LogP contribution is 2.26. The number of aldehydes is 1. The van der Waals surface area contributed by atoms with Crippen molar-refractivity contribution in [1.29, 1.82) is 0 Å². The Kier molecular flexibility index (Phi) is 11.4. The fraction of sp³-hybridized carbons (Fsp3) is 0.379. The first-order valence-electron chi connectivity index (χ1n) is 13.6. The molecule has 0 aliphatic rings. The van der Waals surface area contributed by atoms with Gasteiger partial charge in [0.1, 0.15) is 12.1 Å². The van der Waals surface area contributed by atoms with Crippen LogP contribution in [0.1, 0.15) is 56.5 Å². The average Bonchev–Trinajstić information content (AvgIpc) is 3.31. The van der Waals surface area contributed by atoms with Crippen molar-refractivity contribution in [2.75, 3.05) is 11.1 Å². The molecule has 1 amide bonds. The standard InChI is InChI=1S/C29H32Cl2N6O3S/c1-36-26(19-25-21-10-6-7-11-22(21)28(40)37(35-25)15-9-16-38)33-34-29(36)41-17-8-4-2-3-5-12-27(39)32-24-14-13-20(30)18-23(24)31/h6-7,10-11,13-14,16,18H,2-5,8-9,12,15,17,19H2,1H3,(H,32,39). The van der Waals surface area contributed by atoms with Crippen LogP contribution in [-0.2, 0) is 29.6 Å². The number of carbonyl (C=O) groups is 2. The number of thioether (sulfide) groups is 1. The van der Waals surface area contributed by atoms with Crippen LogP contribution in [0.5, 0.6) is 0 Å². The number of hydrogen-bond donors (Lipinski definition) is 1. The minimum atomic E-state index is -0.202. The average molecular weight is 616 g/mol.